The number of nitrogens with zero attached hydrogens (tertiary/aromatic N) is 2. The van der Waals surface area contributed by atoms with Crippen LogP contribution in [0.1, 0.15) is 5.69 Å². The Kier molecular flexibility index (Phi) is 4.13. The summed E-state index contributed by atoms with van der Waals surface area (Å²) in [6, 6.07) is 4.33. The number of hydrogen-bond donors (Lipinski definition) is 1. The highest BCUT2D eigenvalue weighted by Crippen LogP contribution is 2.34. The number of benzene rings is 1. The van der Waals surface area contributed by atoms with Crippen molar-refractivity contribution in [2.45, 2.75) is 12.5 Å². The predicted molar refractivity (Wildman–Crippen MR) is 78.7 cm³/mol. The summed E-state index contributed by atoms with van der Waals surface area (Å²) >= 11 is 2.96. The standard InChI is InChI=1S/C14H6BrF6N3O/c15-7-3-8-9(4-10(7)25-14(19,20)21)24-12(23-8)6-1-2-11(22-5-6)13(16,17)18/h1-5H,(H,23,24). The molecule has 0 bridgehead atoms. The summed E-state index contributed by atoms with van der Waals surface area (Å²) in [4.78, 5) is 10.2. The van der Waals surface area contributed by atoms with Crippen molar-refractivity contribution in [3.05, 3.63) is 40.6 Å². The molecule has 0 unspecified atom stereocenters. The molecule has 0 aliphatic carbocycles. The number of fused-ring (bicyclic) bond motifs is 1. The summed E-state index contributed by atoms with van der Waals surface area (Å²) < 4.78 is 78.5. The highest BCUT2D eigenvalue weighted by molar-refractivity contribution is 9.10. The largest absolute Gasteiger partial charge is 0.573 e. The predicted octanol–water partition coefficient (Wildman–Crippen LogP) is 5.30. The maximum absolute atomic E-state index is 12.5. The van der Waals surface area contributed by atoms with Crippen molar-refractivity contribution in [2.75, 3.05) is 0 Å². The van der Waals surface area contributed by atoms with Gasteiger partial charge in [0.05, 0.1) is 15.5 Å². The van der Waals surface area contributed by atoms with Crippen LogP contribution in [0.4, 0.5) is 26.3 Å². The zero-order valence-corrected chi connectivity index (χ0v) is 13.4. The van der Waals surface area contributed by atoms with E-state index in [9.17, 15) is 26.3 Å². The number of hydrogen-bond acceptors (Lipinski definition) is 3. The van der Waals surface area contributed by atoms with Crippen molar-refractivity contribution in [3.63, 3.8) is 0 Å². The highest BCUT2D eigenvalue weighted by atomic mass is 79.9. The molecule has 11 heteroatoms. The molecule has 0 radical (unpaired) electrons. The molecule has 132 valence electrons. The summed E-state index contributed by atoms with van der Waals surface area (Å²) in [5.41, 5.74) is -0.289. The van der Waals surface area contributed by atoms with Crippen molar-refractivity contribution in [1.29, 1.82) is 0 Å². The first kappa shape index (κ1) is 17.5. The lowest BCUT2D eigenvalue weighted by Crippen LogP contribution is -2.17. The van der Waals surface area contributed by atoms with Gasteiger partial charge in [-0.2, -0.15) is 13.2 Å². The molecule has 3 rings (SSSR count). The van der Waals surface area contributed by atoms with Crippen LogP contribution in [-0.4, -0.2) is 21.3 Å². The van der Waals surface area contributed by atoms with E-state index >= 15 is 0 Å². The number of pyridine rings is 1. The first-order valence-corrected chi connectivity index (χ1v) is 7.31. The fourth-order valence-electron chi connectivity index (χ4n) is 2.05. The third kappa shape index (κ3) is 3.86. The molecule has 0 saturated heterocycles. The summed E-state index contributed by atoms with van der Waals surface area (Å²) in [6.45, 7) is 0. The zero-order valence-electron chi connectivity index (χ0n) is 11.8. The number of ether oxygens (including phenoxy) is 1. The van der Waals surface area contributed by atoms with Gasteiger partial charge >= 0.3 is 12.5 Å². The van der Waals surface area contributed by atoms with Crippen molar-refractivity contribution in [2.24, 2.45) is 0 Å². The molecule has 4 nitrogen and oxygen atoms in total. The topological polar surface area (TPSA) is 50.8 Å². The molecule has 0 saturated carbocycles. The second-order valence-electron chi connectivity index (χ2n) is 4.86. The summed E-state index contributed by atoms with van der Waals surface area (Å²) in [6.07, 6.45) is -8.46. The number of halogens is 7. The van der Waals surface area contributed by atoms with Gasteiger partial charge in [-0.1, -0.05) is 0 Å². The van der Waals surface area contributed by atoms with E-state index < -0.39 is 24.0 Å². The number of imidazole rings is 1. The van der Waals surface area contributed by atoms with Crippen molar-refractivity contribution in [1.82, 2.24) is 15.0 Å². The smallest absolute Gasteiger partial charge is 0.404 e. The molecule has 0 atom stereocenters. The van der Waals surface area contributed by atoms with Gasteiger partial charge in [-0.3, -0.25) is 4.98 Å². The van der Waals surface area contributed by atoms with E-state index in [0.717, 1.165) is 24.4 Å². The van der Waals surface area contributed by atoms with Crippen LogP contribution in [0, 0.1) is 0 Å². The molecular formula is C14H6BrF6N3O. The second-order valence-corrected chi connectivity index (χ2v) is 5.72. The van der Waals surface area contributed by atoms with Crippen molar-refractivity contribution >= 4 is 27.0 Å². The molecule has 2 aromatic heterocycles. The number of rotatable bonds is 2. The van der Waals surface area contributed by atoms with E-state index in [0.29, 0.717) is 5.52 Å². The monoisotopic (exact) mass is 425 g/mol. The molecular weight excluding hydrogens is 420 g/mol. The van der Waals surface area contributed by atoms with E-state index in [1.54, 1.807) is 0 Å². The molecule has 1 N–H and O–H groups in total. The third-order valence-corrected chi connectivity index (χ3v) is 3.71. The first-order chi connectivity index (χ1) is 11.5. The van der Waals surface area contributed by atoms with Gasteiger partial charge < -0.3 is 9.72 Å². The average Bonchev–Trinajstić information content (AvgIpc) is 2.88. The zero-order chi connectivity index (χ0) is 18.4. The van der Waals surface area contributed by atoms with Crippen LogP contribution in [0.2, 0.25) is 0 Å². The normalized spacial score (nSPS) is 12.6. The molecule has 0 aliphatic heterocycles. The van der Waals surface area contributed by atoms with E-state index in [1.807, 2.05) is 0 Å². The van der Waals surface area contributed by atoms with Crippen LogP contribution >= 0.6 is 15.9 Å². The van der Waals surface area contributed by atoms with Crippen LogP contribution < -0.4 is 4.74 Å². The van der Waals surface area contributed by atoms with Gasteiger partial charge in [0, 0.05) is 17.8 Å². The van der Waals surface area contributed by atoms with E-state index in [2.05, 4.69) is 35.6 Å². The molecule has 0 fully saturated rings. The SMILES string of the molecule is FC(F)(F)Oc1cc2nc(-c3ccc(C(F)(F)F)nc3)[nH]c2cc1Br. The Morgan fingerprint density at radius 3 is 2.32 bits per heavy atom. The Morgan fingerprint density at radius 1 is 1.04 bits per heavy atom. The third-order valence-electron chi connectivity index (χ3n) is 3.09. The first-order valence-electron chi connectivity index (χ1n) is 6.51. The Bertz CT molecular complexity index is 917. The Labute approximate surface area is 144 Å². The summed E-state index contributed by atoms with van der Waals surface area (Å²) in [5, 5.41) is 0. The molecule has 2 heterocycles. The molecule has 25 heavy (non-hydrogen) atoms. The van der Waals surface area contributed by atoms with Crippen molar-refractivity contribution in [3.8, 4) is 17.1 Å². The second kappa shape index (κ2) is 5.90. The number of alkyl halides is 6. The van der Waals surface area contributed by atoms with Crippen LogP contribution in [0.15, 0.2) is 34.9 Å². The lowest BCUT2D eigenvalue weighted by Gasteiger charge is -2.09. The quantitative estimate of drug-likeness (QED) is 0.566. The van der Waals surface area contributed by atoms with Crippen LogP contribution in [0.3, 0.4) is 0 Å². The Balaban J connectivity index is 1.98. The van der Waals surface area contributed by atoms with E-state index in [-0.39, 0.29) is 21.4 Å². The summed E-state index contributed by atoms with van der Waals surface area (Å²) in [5.74, 6) is -0.323. The van der Waals surface area contributed by atoms with Gasteiger partial charge in [0.1, 0.15) is 17.3 Å². The molecule has 0 aliphatic rings. The van der Waals surface area contributed by atoms with Crippen LogP contribution in [0.5, 0.6) is 5.75 Å². The van der Waals surface area contributed by atoms with E-state index in [4.69, 9.17) is 0 Å². The minimum atomic E-state index is -4.87. The van der Waals surface area contributed by atoms with Gasteiger partial charge in [-0.05, 0) is 34.1 Å². The van der Waals surface area contributed by atoms with Crippen molar-refractivity contribution < 1.29 is 31.1 Å². The maximum atomic E-state index is 12.5. The van der Waals surface area contributed by atoms with Crippen LogP contribution in [-0.2, 0) is 6.18 Å². The molecule has 0 amide bonds. The summed E-state index contributed by atoms with van der Waals surface area (Å²) in [7, 11) is 0. The van der Waals surface area contributed by atoms with E-state index in [1.165, 1.54) is 6.07 Å². The Hall–Kier alpha value is -2.30. The van der Waals surface area contributed by atoms with Gasteiger partial charge in [0.2, 0.25) is 0 Å². The highest BCUT2D eigenvalue weighted by Gasteiger charge is 2.33. The van der Waals surface area contributed by atoms with Crippen LogP contribution in [0.25, 0.3) is 22.4 Å². The molecule has 0 spiro atoms. The Morgan fingerprint density at radius 2 is 1.76 bits per heavy atom. The van der Waals surface area contributed by atoms with Gasteiger partial charge in [-0.15, -0.1) is 13.2 Å². The lowest BCUT2D eigenvalue weighted by atomic mass is 10.2. The maximum Gasteiger partial charge on any atom is 0.573 e. The van der Waals surface area contributed by atoms with Gasteiger partial charge in [-0.25, -0.2) is 4.98 Å². The minimum Gasteiger partial charge on any atom is -0.404 e. The fourth-order valence-corrected chi connectivity index (χ4v) is 2.48. The number of aromatic nitrogens is 3. The number of nitrogens with one attached hydrogen (secondary N) is 1. The number of H-pyrrole nitrogens is 1. The molecule has 1 aromatic carbocycles. The fraction of sp³-hybridized carbons (Fsp3) is 0.143. The molecule has 3 aromatic rings. The van der Waals surface area contributed by atoms with Gasteiger partial charge in [0.25, 0.3) is 0 Å². The minimum absolute atomic E-state index is 0.0399. The number of aromatic amines is 1. The van der Waals surface area contributed by atoms with Gasteiger partial charge in [0.15, 0.2) is 0 Å². The lowest BCUT2D eigenvalue weighted by molar-refractivity contribution is -0.274. The average molecular weight is 426 g/mol.